The molecular weight excluding hydrogens is 375 g/mol. The smallest absolute Gasteiger partial charge is 0.194 e. The van der Waals surface area contributed by atoms with Gasteiger partial charge in [0.1, 0.15) is 5.82 Å². The minimum Gasteiger partial charge on any atom is -0.393 e. The first-order valence-electron chi connectivity index (χ1n) is 10.3. The van der Waals surface area contributed by atoms with Crippen molar-refractivity contribution in [3.63, 3.8) is 0 Å². The molecule has 1 aromatic carbocycles. The SMILES string of the molecule is CCNC(=NCc1ccc(N2CCC(O)CC2)c(F)c1)N1CCSC(C)(C)C1. The topological polar surface area (TPSA) is 51.1 Å². The normalized spacial score (nSPS) is 21.1. The number of benzene rings is 1. The van der Waals surface area contributed by atoms with Crippen molar-refractivity contribution in [2.24, 2.45) is 4.99 Å². The molecule has 2 saturated heterocycles. The van der Waals surface area contributed by atoms with Gasteiger partial charge < -0.3 is 20.2 Å². The molecule has 0 bridgehead atoms. The first-order valence-corrected chi connectivity index (χ1v) is 11.2. The lowest BCUT2D eigenvalue weighted by atomic mass is 10.1. The summed E-state index contributed by atoms with van der Waals surface area (Å²) in [5, 5.41) is 13.0. The van der Waals surface area contributed by atoms with Crippen LogP contribution >= 0.6 is 11.8 Å². The summed E-state index contributed by atoms with van der Waals surface area (Å²) in [5.41, 5.74) is 1.50. The van der Waals surface area contributed by atoms with Gasteiger partial charge in [-0.15, -0.1) is 0 Å². The van der Waals surface area contributed by atoms with Crippen LogP contribution in [0.5, 0.6) is 0 Å². The summed E-state index contributed by atoms with van der Waals surface area (Å²) in [7, 11) is 0. The van der Waals surface area contributed by atoms with Crippen LogP contribution in [0.2, 0.25) is 0 Å². The highest BCUT2D eigenvalue weighted by Crippen LogP contribution is 2.29. The fourth-order valence-electron chi connectivity index (χ4n) is 3.80. The highest BCUT2D eigenvalue weighted by atomic mass is 32.2. The monoisotopic (exact) mass is 408 g/mol. The fraction of sp³-hybridized carbons (Fsp3) is 0.667. The van der Waals surface area contributed by atoms with Gasteiger partial charge in [-0.25, -0.2) is 9.38 Å². The lowest BCUT2D eigenvalue weighted by Crippen LogP contribution is -2.50. The molecule has 0 amide bonds. The maximum absolute atomic E-state index is 14.7. The number of aliphatic hydroxyl groups is 1. The Kier molecular flexibility index (Phi) is 7.10. The summed E-state index contributed by atoms with van der Waals surface area (Å²) >= 11 is 2.00. The Morgan fingerprint density at radius 3 is 2.71 bits per heavy atom. The van der Waals surface area contributed by atoms with Gasteiger partial charge in [0.15, 0.2) is 5.96 Å². The maximum Gasteiger partial charge on any atom is 0.194 e. The van der Waals surface area contributed by atoms with E-state index in [-0.39, 0.29) is 16.7 Å². The Hall–Kier alpha value is -1.47. The highest BCUT2D eigenvalue weighted by Gasteiger charge is 2.28. The quantitative estimate of drug-likeness (QED) is 0.592. The van der Waals surface area contributed by atoms with Gasteiger partial charge in [0.05, 0.1) is 18.3 Å². The molecule has 5 nitrogen and oxygen atoms in total. The molecule has 0 spiro atoms. The summed E-state index contributed by atoms with van der Waals surface area (Å²) in [4.78, 5) is 9.10. The maximum atomic E-state index is 14.7. The highest BCUT2D eigenvalue weighted by molar-refractivity contribution is 8.00. The number of rotatable bonds is 4. The third-order valence-corrected chi connectivity index (χ3v) is 6.59. The van der Waals surface area contributed by atoms with E-state index < -0.39 is 0 Å². The second kappa shape index (κ2) is 9.35. The number of hydrogen-bond acceptors (Lipinski definition) is 4. The number of thioether (sulfide) groups is 1. The van der Waals surface area contributed by atoms with Crippen molar-refractivity contribution < 1.29 is 9.50 Å². The number of halogens is 1. The molecule has 2 heterocycles. The second-order valence-corrected chi connectivity index (χ2v) is 10.0. The predicted molar refractivity (Wildman–Crippen MR) is 117 cm³/mol. The third kappa shape index (κ3) is 5.54. The van der Waals surface area contributed by atoms with E-state index in [1.54, 1.807) is 6.07 Å². The summed E-state index contributed by atoms with van der Waals surface area (Å²) in [6, 6.07) is 5.42. The van der Waals surface area contributed by atoms with Gasteiger partial charge in [-0.2, -0.15) is 11.8 Å². The lowest BCUT2D eigenvalue weighted by Gasteiger charge is -2.39. The number of nitrogens with one attached hydrogen (secondary N) is 1. The molecule has 7 heteroatoms. The average molecular weight is 409 g/mol. The van der Waals surface area contributed by atoms with Crippen LogP contribution in [0.1, 0.15) is 39.2 Å². The van der Waals surface area contributed by atoms with E-state index in [2.05, 4.69) is 31.0 Å². The first-order chi connectivity index (χ1) is 13.4. The standard InChI is InChI=1S/C21H33FN4OS/c1-4-23-20(26-11-12-28-21(2,3)15-26)24-14-16-5-6-19(18(22)13-16)25-9-7-17(27)8-10-25/h5-6,13,17,27H,4,7-12,14-15H2,1-3H3,(H,23,24). The molecule has 2 fully saturated rings. The van der Waals surface area contributed by atoms with Gasteiger partial charge >= 0.3 is 0 Å². The number of guanidine groups is 1. The van der Waals surface area contributed by atoms with E-state index >= 15 is 0 Å². The van der Waals surface area contributed by atoms with Crippen LogP contribution < -0.4 is 10.2 Å². The van der Waals surface area contributed by atoms with Gasteiger partial charge in [0.2, 0.25) is 0 Å². The Morgan fingerprint density at radius 1 is 1.32 bits per heavy atom. The van der Waals surface area contributed by atoms with Crippen molar-refractivity contribution in [2.45, 2.75) is 51.0 Å². The van der Waals surface area contributed by atoms with Gasteiger partial charge in [-0.1, -0.05) is 6.07 Å². The molecule has 28 heavy (non-hydrogen) atoms. The first kappa shape index (κ1) is 21.2. The Bertz CT molecular complexity index is 689. The third-order valence-electron chi connectivity index (χ3n) is 5.29. The molecule has 0 radical (unpaired) electrons. The van der Waals surface area contributed by atoms with E-state index in [1.807, 2.05) is 28.8 Å². The van der Waals surface area contributed by atoms with E-state index in [9.17, 15) is 9.50 Å². The largest absolute Gasteiger partial charge is 0.393 e. The average Bonchev–Trinajstić information content (AvgIpc) is 2.65. The van der Waals surface area contributed by atoms with Crippen molar-refractivity contribution in [2.75, 3.05) is 43.4 Å². The number of aliphatic imine (C=N–C) groups is 1. The van der Waals surface area contributed by atoms with Crippen LogP contribution in [0.4, 0.5) is 10.1 Å². The zero-order valence-corrected chi connectivity index (χ0v) is 18.1. The number of anilines is 1. The second-order valence-electron chi connectivity index (χ2n) is 8.20. The van der Waals surface area contributed by atoms with Crippen molar-refractivity contribution in [3.8, 4) is 0 Å². The van der Waals surface area contributed by atoms with Crippen LogP contribution in [0, 0.1) is 5.82 Å². The summed E-state index contributed by atoms with van der Waals surface area (Å²) in [5.74, 6) is 1.79. The molecule has 2 aliphatic heterocycles. The van der Waals surface area contributed by atoms with Crippen LogP contribution in [-0.2, 0) is 6.54 Å². The van der Waals surface area contributed by atoms with Crippen molar-refractivity contribution in [1.29, 1.82) is 0 Å². The molecular formula is C21H33FN4OS. The lowest BCUT2D eigenvalue weighted by molar-refractivity contribution is 0.145. The Balaban J connectivity index is 1.68. The zero-order chi connectivity index (χ0) is 20.1. The number of aliphatic hydroxyl groups excluding tert-OH is 1. The van der Waals surface area contributed by atoms with Crippen LogP contribution in [0.25, 0.3) is 0 Å². The fourth-order valence-corrected chi connectivity index (χ4v) is 4.91. The summed E-state index contributed by atoms with van der Waals surface area (Å²) in [6.45, 7) is 11.2. The van der Waals surface area contributed by atoms with Crippen molar-refractivity contribution in [3.05, 3.63) is 29.6 Å². The van der Waals surface area contributed by atoms with Gasteiger partial charge in [0.25, 0.3) is 0 Å². The molecule has 0 aromatic heterocycles. The minimum atomic E-state index is -0.254. The van der Waals surface area contributed by atoms with E-state index in [0.717, 1.165) is 36.9 Å². The van der Waals surface area contributed by atoms with E-state index in [1.165, 1.54) is 0 Å². The van der Waals surface area contributed by atoms with Crippen molar-refractivity contribution in [1.82, 2.24) is 10.2 Å². The molecule has 0 saturated carbocycles. The van der Waals surface area contributed by atoms with Crippen molar-refractivity contribution >= 4 is 23.4 Å². The van der Waals surface area contributed by atoms with E-state index in [4.69, 9.17) is 4.99 Å². The number of hydrogen-bond donors (Lipinski definition) is 2. The van der Waals surface area contributed by atoms with Crippen LogP contribution in [-0.4, -0.2) is 65.3 Å². The molecule has 0 unspecified atom stereocenters. The molecule has 2 N–H and O–H groups in total. The Labute approximate surface area is 172 Å². The predicted octanol–water partition coefficient (Wildman–Crippen LogP) is 3.08. The molecule has 2 aliphatic rings. The number of nitrogens with zero attached hydrogens (tertiary/aromatic N) is 3. The zero-order valence-electron chi connectivity index (χ0n) is 17.2. The minimum absolute atomic E-state index is 0.204. The van der Waals surface area contributed by atoms with Crippen LogP contribution in [0.3, 0.4) is 0 Å². The van der Waals surface area contributed by atoms with Gasteiger partial charge in [-0.05, 0) is 51.3 Å². The molecule has 1 aromatic rings. The molecule has 3 rings (SSSR count). The summed E-state index contributed by atoms with van der Waals surface area (Å²) < 4.78 is 14.9. The van der Waals surface area contributed by atoms with E-state index in [0.29, 0.717) is 38.2 Å². The number of piperidine rings is 1. The molecule has 156 valence electrons. The van der Waals surface area contributed by atoms with Gasteiger partial charge in [0, 0.05) is 43.2 Å². The Morgan fingerprint density at radius 2 is 2.07 bits per heavy atom. The summed E-state index contributed by atoms with van der Waals surface area (Å²) in [6.07, 6.45) is 1.14. The molecule has 0 atom stereocenters. The molecule has 0 aliphatic carbocycles. The van der Waals surface area contributed by atoms with Gasteiger partial charge in [-0.3, -0.25) is 0 Å². The van der Waals surface area contributed by atoms with Crippen LogP contribution in [0.15, 0.2) is 23.2 Å².